The van der Waals surface area contributed by atoms with Gasteiger partial charge in [-0.2, -0.15) is 30.1 Å². The number of benzene rings is 2. The number of rotatable bonds is 12. The number of hydrogen-bond donors (Lipinski definition) is 4. The summed E-state index contributed by atoms with van der Waals surface area (Å²) in [5, 5.41) is 13.6. The van der Waals surface area contributed by atoms with Gasteiger partial charge in [0, 0.05) is 38.1 Å². The molecule has 0 saturated heterocycles. The number of hydrogen-bond acceptors (Lipinski definition) is 12. The monoisotopic (exact) mass is 580 g/mol. The molecule has 0 radical (unpaired) electrons. The molecule has 0 atom stereocenters. The van der Waals surface area contributed by atoms with Crippen LogP contribution in [0.5, 0.6) is 0 Å². The fourth-order valence-electron chi connectivity index (χ4n) is 3.86. The fourth-order valence-corrected chi connectivity index (χ4v) is 3.86. The van der Waals surface area contributed by atoms with Gasteiger partial charge in [0.05, 0.1) is 12.4 Å². The van der Waals surface area contributed by atoms with Gasteiger partial charge in [-0.25, -0.2) is 20.8 Å². The van der Waals surface area contributed by atoms with Gasteiger partial charge in [-0.15, -0.1) is 0 Å². The summed E-state index contributed by atoms with van der Waals surface area (Å²) in [6, 6.07) is 14.1. The largest absolute Gasteiger partial charge is 0.355 e. The van der Waals surface area contributed by atoms with E-state index in [4.69, 9.17) is 0 Å². The van der Waals surface area contributed by atoms with Crippen molar-refractivity contribution >= 4 is 36.1 Å². The van der Waals surface area contributed by atoms with E-state index >= 15 is 0 Å². The third-order valence-corrected chi connectivity index (χ3v) is 5.94. The number of amides is 2. The molecular formula is C29H32N12O2. The molecule has 0 fully saturated rings. The minimum atomic E-state index is -0.147. The number of aromatic nitrogens is 6. The number of aryl methyl sites for hydroxylation is 4. The van der Waals surface area contributed by atoms with Gasteiger partial charge >= 0.3 is 0 Å². The van der Waals surface area contributed by atoms with Crippen molar-refractivity contribution in [3.05, 3.63) is 94.1 Å². The van der Waals surface area contributed by atoms with Crippen molar-refractivity contribution in [3.63, 3.8) is 0 Å². The van der Waals surface area contributed by atoms with Crippen LogP contribution in [0.3, 0.4) is 0 Å². The molecule has 2 amide bonds. The van der Waals surface area contributed by atoms with Gasteiger partial charge < -0.3 is 10.6 Å². The third kappa shape index (κ3) is 9.18. The van der Waals surface area contributed by atoms with Crippen LogP contribution in [-0.4, -0.2) is 68.2 Å². The van der Waals surface area contributed by atoms with E-state index in [1.807, 2.05) is 0 Å². The molecule has 2 aromatic carbocycles. The molecule has 0 spiro atoms. The standard InChI is InChI=1S/C29H32N12O2/c1-18-34-24(38-28(36-18)40-32-16-20-8-12-22(13-9-20)26(42)30-3)6-5-7-25-35-19(2)37-29(39-25)41-33-17-21-10-14-23(15-11-21)27(43)31-4/h8-17H,5-7H2,1-4H3,(H,30,42)(H,31,43)(H,34,36,38,40)(H,35,37,39,41)/b32-16+,33-17+. The maximum absolute atomic E-state index is 11.7. The van der Waals surface area contributed by atoms with Crippen LogP contribution in [0, 0.1) is 13.8 Å². The Bertz CT molecular complexity index is 1500. The molecule has 0 aliphatic carbocycles. The summed E-state index contributed by atoms with van der Waals surface area (Å²) in [7, 11) is 3.18. The first-order chi connectivity index (χ1) is 20.8. The molecular weight excluding hydrogens is 548 g/mol. The molecule has 4 rings (SSSR count). The zero-order chi connectivity index (χ0) is 30.6. The molecule has 14 nitrogen and oxygen atoms in total. The Morgan fingerprint density at radius 2 is 1.02 bits per heavy atom. The molecule has 4 N–H and O–H groups in total. The van der Waals surface area contributed by atoms with E-state index in [2.05, 4.69) is 61.6 Å². The van der Waals surface area contributed by atoms with Crippen LogP contribution in [0.4, 0.5) is 11.9 Å². The van der Waals surface area contributed by atoms with Crippen LogP contribution >= 0.6 is 0 Å². The lowest BCUT2D eigenvalue weighted by Crippen LogP contribution is -2.17. The molecule has 0 unspecified atom stereocenters. The molecule has 0 aliphatic rings. The minimum absolute atomic E-state index is 0.147. The van der Waals surface area contributed by atoms with Gasteiger partial charge in [0.1, 0.15) is 23.3 Å². The highest BCUT2D eigenvalue weighted by atomic mass is 16.2. The van der Waals surface area contributed by atoms with Gasteiger partial charge in [0.2, 0.25) is 11.9 Å². The van der Waals surface area contributed by atoms with Crippen LogP contribution in [0.15, 0.2) is 58.7 Å². The van der Waals surface area contributed by atoms with Crippen LogP contribution in [0.25, 0.3) is 0 Å². The minimum Gasteiger partial charge on any atom is -0.355 e. The van der Waals surface area contributed by atoms with E-state index in [-0.39, 0.29) is 11.8 Å². The van der Waals surface area contributed by atoms with Gasteiger partial charge in [0.15, 0.2) is 0 Å². The lowest BCUT2D eigenvalue weighted by Gasteiger charge is -2.06. The molecule has 0 saturated carbocycles. The second-order valence-electron chi connectivity index (χ2n) is 9.24. The van der Waals surface area contributed by atoms with Crippen LogP contribution in [-0.2, 0) is 12.8 Å². The van der Waals surface area contributed by atoms with Gasteiger partial charge in [-0.3, -0.25) is 9.59 Å². The van der Waals surface area contributed by atoms with E-state index in [9.17, 15) is 9.59 Å². The van der Waals surface area contributed by atoms with E-state index in [0.29, 0.717) is 65.6 Å². The molecule has 0 bridgehead atoms. The van der Waals surface area contributed by atoms with E-state index in [1.54, 1.807) is 88.9 Å². The van der Waals surface area contributed by atoms with Crippen LogP contribution in [0.2, 0.25) is 0 Å². The summed E-state index contributed by atoms with van der Waals surface area (Å²) in [6.07, 6.45) is 5.11. The molecule has 4 aromatic rings. The highest BCUT2D eigenvalue weighted by molar-refractivity contribution is 5.95. The zero-order valence-corrected chi connectivity index (χ0v) is 24.3. The highest BCUT2D eigenvalue weighted by Crippen LogP contribution is 2.09. The van der Waals surface area contributed by atoms with E-state index in [1.165, 1.54) is 0 Å². The predicted octanol–water partition coefficient (Wildman–Crippen LogP) is 2.46. The molecule has 2 aromatic heterocycles. The van der Waals surface area contributed by atoms with E-state index in [0.717, 1.165) is 11.1 Å². The van der Waals surface area contributed by atoms with E-state index < -0.39 is 0 Å². The Morgan fingerprint density at radius 3 is 1.40 bits per heavy atom. The molecule has 14 heteroatoms. The first-order valence-electron chi connectivity index (χ1n) is 13.5. The quantitative estimate of drug-likeness (QED) is 0.143. The number of carbonyl (C=O) groups excluding carboxylic acids is 2. The van der Waals surface area contributed by atoms with Crippen LogP contribution in [0.1, 0.15) is 61.6 Å². The smallest absolute Gasteiger partial charge is 0.251 e. The van der Waals surface area contributed by atoms with Crippen molar-refractivity contribution < 1.29 is 9.59 Å². The van der Waals surface area contributed by atoms with Crippen molar-refractivity contribution in [2.24, 2.45) is 10.2 Å². The summed E-state index contributed by atoms with van der Waals surface area (Å²) in [5.74, 6) is 2.76. The SMILES string of the molecule is CNC(=O)c1ccc(/C=N/Nc2nc(C)nc(CCCc3nc(C)nc(N/N=C/c4ccc(C(=O)NC)cc4)n3)n2)cc1. The van der Waals surface area contributed by atoms with Crippen molar-refractivity contribution in [1.82, 2.24) is 40.5 Å². The Hall–Kier alpha value is -5.66. The lowest BCUT2D eigenvalue weighted by atomic mass is 10.1. The molecule has 220 valence electrons. The summed E-state index contributed by atoms with van der Waals surface area (Å²) in [4.78, 5) is 49.7. The van der Waals surface area contributed by atoms with Gasteiger partial charge in [-0.05, 0) is 55.7 Å². The molecule has 43 heavy (non-hydrogen) atoms. The number of anilines is 2. The summed E-state index contributed by atoms with van der Waals surface area (Å²) >= 11 is 0. The average Bonchev–Trinajstić information content (AvgIpc) is 3.00. The second-order valence-corrected chi connectivity index (χ2v) is 9.24. The predicted molar refractivity (Wildman–Crippen MR) is 163 cm³/mol. The van der Waals surface area contributed by atoms with Gasteiger partial charge in [-0.1, -0.05) is 24.3 Å². The molecule has 0 aliphatic heterocycles. The Kier molecular flexibility index (Phi) is 10.4. The molecule has 2 heterocycles. The first kappa shape index (κ1) is 30.3. The maximum atomic E-state index is 11.7. The van der Waals surface area contributed by atoms with Crippen molar-refractivity contribution in [1.29, 1.82) is 0 Å². The highest BCUT2D eigenvalue weighted by Gasteiger charge is 2.08. The Balaban J connectivity index is 1.30. The fraction of sp³-hybridized carbons (Fsp3) is 0.241. The van der Waals surface area contributed by atoms with Crippen molar-refractivity contribution in [3.8, 4) is 0 Å². The number of carbonyl (C=O) groups is 2. The second kappa shape index (κ2) is 14.8. The normalized spacial score (nSPS) is 11.1. The third-order valence-electron chi connectivity index (χ3n) is 5.94. The summed E-state index contributed by atoms with van der Waals surface area (Å²) < 4.78 is 0. The maximum Gasteiger partial charge on any atom is 0.251 e. The van der Waals surface area contributed by atoms with Gasteiger partial charge in [0.25, 0.3) is 11.8 Å². The van der Waals surface area contributed by atoms with Crippen molar-refractivity contribution in [2.75, 3.05) is 24.9 Å². The number of nitrogens with zero attached hydrogens (tertiary/aromatic N) is 8. The van der Waals surface area contributed by atoms with Crippen molar-refractivity contribution in [2.45, 2.75) is 33.1 Å². The lowest BCUT2D eigenvalue weighted by molar-refractivity contribution is 0.0955. The Labute approximate surface area is 248 Å². The van der Waals surface area contributed by atoms with Crippen LogP contribution < -0.4 is 21.5 Å². The number of nitrogens with one attached hydrogen (secondary N) is 4. The Morgan fingerprint density at radius 1 is 0.628 bits per heavy atom. The average molecular weight is 581 g/mol. The summed E-state index contributed by atoms with van der Waals surface area (Å²) in [5.41, 5.74) is 8.46. The topological polar surface area (TPSA) is 184 Å². The number of hydrazone groups is 2. The first-order valence-corrected chi connectivity index (χ1v) is 13.5. The summed E-state index contributed by atoms with van der Waals surface area (Å²) in [6.45, 7) is 3.59. The zero-order valence-electron chi connectivity index (χ0n) is 24.3.